The van der Waals surface area contributed by atoms with Crippen LogP contribution in [0.15, 0.2) is 36.6 Å². The lowest BCUT2D eigenvalue weighted by molar-refractivity contribution is -0.348. The molecule has 1 aliphatic carbocycles. The van der Waals surface area contributed by atoms with E-state index in [1.54, 1.807) is 0 Å². The van der Waals surface area contributed by atoms with Gasteiger partial charge in [0, 0.05) is 5.92 Å². The zero-order valence-corrected chi connectivity index (χ0v) is 18.3. The van der Waals surface area contributed by atoms with Crippen LogP contribution in [0, 0.1) is 11.8 Å². The molecule has 0 radical (unpaired) electrons. The quantitative estimate of drug-likeness (QED) is 0.182. The first-order valence-electron chi connectivity index (χ1n) is 10.9. The van der Waals surface area contributed by atoms with E-state index in [0.717, 1.165) is 6.26 Å². The van der Waals surface area contributed by atoms with Crippen molar-refractivity contribution in [3.8, 4) is 5.75 Å². The van der Waals surface area contributed by atoms with Crippen molar-refractivity contribution in [3.63, 3.8) is 0 Å². The van der Waals surface area contributed by atoms with Crippen molar-refractivity contribution in [2.24, 2.45) is 11.8 Å². The molecule has 1 saturated carbocycles. The molecule has 2 heterocycles. The zero-order valence-electron chi connectivity index (χ0n) is 18.3. The zero-order chi connectivity index (χ0) is 25.5. The summed E-state index contributed by atoms with van der Waals surface area (Å²) in [5.74, 6) is -3.09. The highest BCUT2D eigenvalue weighted by Crippen LogP contribution is 2.48. The molecule has 13 nitrogen and oxygen atoms in total. The summed E-state index contributed by atoms with van der Waals surface area (Å²) in [7, 11) is 0. The molecule has 0 spiro atoms. The van der Waals surface area contributed by atoms with Gasteiger partial charge in [-0.25, -0.2) is 4.79 Å². The summed E-state index contributed by atoms with van der Waals surface area (Å²) in [5, 5.41) is 81.0. The second-order valence-corrected chi connectivity index (χ2v) is 8.78. The number of ether oxygens (including phenoxy) is 4. The van der Waals surface area contributed by atoms with Gasteiger partial charge in [0.05, 0.1) is 31.0 Å². The summed E-state index contributed by atoms with van der Waals surface area (Å²) in [4.78, 5) is 12.6. The highest BCUT2D eigenvalue weighted by atomic mass is 16.8. The standard InChI is InChI=1S/C22H28O13/c23-7-12-14(26)15(27)16(28)21(33-12)35-20-13-11(5-6-32-20)17(18(29)22(13,31)8-24)34-19(30)9-1-3-10(25)4-2-9/h1-6,11-18,20-21,23-29,31H,7-8H2. The first-order chi connectivity index (χ1) is 16.6. The van der Waals surface area contributed by atoms with Gasteiger partial charge in [-0.05, 0) is 30.3 Å². The van der Waals surface area contributed by atoms with E-state index in [2.05, 4.69) is 0 Å². The molecule has 11 unspecified atom stereocenters. The summed E-state index contributed by atoms with van der Waals surface area (Å²) >= 11 is 0. The average molecular weight is 500 g/mol. The lowest BCUT2D eigenvalue weighted by Gasteiger charge is -2.43. The van der Waals surface area contributed by atoms with Crippen LogP contribution in [0.2, 0.25) is 0 Å². The van der Waals surface area contributed by atoms with Crippen LogP contribution in [0.4, 0.5) is 0 Å². The fourth-order valence-electron chi connectivity index (χ4n) is 4.73. The Morgan fingerprint density at radius 3 is 2.31 bits per heavy atom. The fourth-order valence-corrected chi connectivity index (χ4v) is 4.73. The number of aliphatic hydroxyl groups is 7. The number of aromatic hydroxyl groups is 1. The molecule has 2 fully saturated rings. The third-order valence-electron chi connectivity index (χ3n) is 6.72. The van der Waals surface area contributed by atoms with E-state index < -0.39 is 85.8 Å². The first-order valence-corrected chi connectivity index (χ1v) is 10.9. The van der Waals surface area contributed by atoms with Crippen molar-refractivity contribution < 1.29 is 64.6 Å². The van der Waals surface area contributed by atoms with Crippen LogP contribution >= 0.6 is 0 Å². The van der Waals surface area contributed by atoms with Gasteiger partial charge in [0.25, 0.3) is 0 Å². The molecule has 11 atom stereocenters. The monoisotopic (exact) mass is 500 g/mol. The number of carbonyl (C=O) groups is 1. The average Bonchev–Trinajstić information content (AvgIpc) is 3.07. The Morgan fingerprint density at radius 2 is 1.69 bits per heavy atom. The summed E-state index contributed by atoms with van der Waals surface area (Å²) in [5.41, 5.74) is -2.22. The molecule has 1 saturated heterocycles. The number of esters is 1. The molecule has 1 aromatic carbocycles. The number of carbonyl (C=O) groups excluding carboxylic acids is 1. The topological polar surface area (TPSA) is 216 Å². The van der Waals surface area contributed by atoms with Crippen molar-refractivity contribution in [2.75, 3.05) is 13.2 Å². The molecule has 0 aromatic heterocycles. The third-order valence-corrected chi connectivity index (χ3v) is 6.72. The molecule has 4 rings (SSSR count). The van der Waals surface area contributed by atoms with Crippen LogP contribution in [0.1, 0.15) is 10.4 Å². The van der Waals surface area contributed by atoms with Crippen molar-refractivity contribution in [1.29, 1.82) is 0 Å². The van der Waals surface area contributed by atoms with Gasteiger partial charge in [-0.3, -0.25) is 0 Å². The minimum atomic E-state index is -2.28. The number of rotatable bonds is 6. The van der Waals surface area contributed by atoms with Gasteiger partial charge in [-0.2, -0.15) is 0 Å². The Labute approximate surface area is 199 Å². The van der Waals surface area contributed by atoms with Crippen molar-refractivity contribution in [3.05, 3.63) is 42.2 Å². The smallest absolute Gasteiger partial charge is 0.338 e. The van der Waals surface area contributed by atoms with Gasteiger partial charge in [-0.15, -0.1) is 0 Å². The maximum Gasteiger partial charge on any atom is 0.338 e. The minimum absolute atomic E-state index is 0.0659. The van der Waals surface area contributed by atoms with E-state index >= 15 is 0 Å². The molecule has 35 heavy (non-hydrogen) atoms. The van der Waals surface area contributed by atoms with Crippen LogP contribution in [-0.4, -0.2) is 115 Å². The largest absolute Gasteiger partial charge is 0.508 e. The molecule has 1 aromatic rings. The molecule has 0 amide bonds. The predicted octanol–water partition coefficient (Wildman–Crippen LogP) is -3.07. The summed E-state index contributed by atoms with van der Waals surface area (Å²) in [6.07, 6.45) is -10.0. The van der Waals surface area contributed by atoms with E-state index in [0.29, 0.717) is 0 Å². The minimum Gasteiger partial charge on any atom is -0.508 e. The van der Waals surface area contributed by atoms with E-state index in [-0.39, 0.29) is 11.3 Å². The Balaban J connectivity index is 1.57. The Hall–Kier alpha value is -2.33. The van der Waals surface area contributed by atoms with E-state index in [4.69, 9.17) is 18.9 Å². The number of hydrogen-bond donors (Lipinski definition) is 8. The molecule has 13 heteroatoms. The second-order valence-electron chi connectivity index (χ2n) is 8.78. The van der Waals surface area contributed by atoms with Crippen LogP contribution < -0.4 is 0 Å². The number of phenols is 1. The first kappa shape index (κ1) is 25.8. The number of aliphatic hydroxyl groups excluding tert-OH is 6. The number of hydrogen-bond acceptors (Lipinski definition) is 13. The maximum absolute atomic E-state index is 12.6. The Bertz CT molecular complexity index is 920. The molecular weight excluding hydrogens is 472 g/mol. The normalized spacial score (nSPS) is 42.8. The molecular formula is C22H28O13. The molecule has 8 N–H and O–H groups in total. The predicted molar refractivity (Wildman–Crippen MR) is 111 cm³/mol. The van der Waals surface area contributed by atoms with Crippen molar-refractivity contribution in [2.45, 2.75) is 54.8 Å². The molecule has 3 aliphatic rings. The number of benzene rings is 1. The third kappa shape index (κ3) is 4.50. The lowest BCUT2D eigenvalue weighted by Crippen LogP contribution is -2.61. The van der Waals surface area contributed by atoms with E-state index in [1.807, 2.05) is 0 Å². The molecule has 194 valence electrons. The van der Waals surface area contributed by atoms with Gasteiger partial charge >= 0.3 is 5.97 Å². The highest BCUT2D eigenvalue weighted by Gasteiger charge is 2.65. The molecule has 2 aliphatic heterocycles. The van der Waals surface area contributed by atoms with Gasteiger partial charge in [0.2, 0.25) is 6.29 Å². The summed E-state index contributed by atoms with van der Waals surface area (Å²) in [6.45, 7) is -1.68. The number of fused-ring (bicyclic) bond motifs is 1. The Morgan fingerprint density at radius 1 is 1.00 bits per heavy atom. The van der Waals surface area contributed by atoms with Crippen molar-refractivity contribution >= 4 is 5.97 Å². The Kier molecular flexibility index (Phi) is 7.33. The van der Waals surface area contributed by atoms with Gasteiger partial charge in [-0.1, -0.05) is 0 Å². The van der Waals surface area contributed by atoms with Crippen molar-refractivity contribution in [1.82, 2.24) is 0 Å². The van der Waals surface area contributed by atoms with Crippen LogP contribution in [-0.2, 0) is 18.9 Å². The lowest BCUT2D eigenvalue weighted by atomic mass is 9.83. The maximum atomic E-state index is 12.6. The van der Waals surface area contributed by atoms with E-state index in [9.17, 15) is 45.6 Å². The summed E-state index contributed by atoms with van der Waals surface area (Å²) in [6, 6.07) is 5.15. The number of phenolic OH excluding ortho intramolecular Hbond substituents is 1. The van der Waals surface area contributed by atoms with E-state index in [1.165, 1.54) is 30.3 Å². The van der Waals surface area contributed by atoms with Gasteiger partial charge < -0.3 is 59.8 Å². The van der Waals surface area contributed by atoms with Crippen LogP contribution in [0.5, 0.6) is 5.75 Å². The van der Waals surface area contributed by atoms with Crippen LogP contribution in [0.3, 0.4) is 0 Å². The second kappa shape index (κ2) is 9.97. The SMILES string of the molecule is O=C(OC1C2C=COC(OC3OC(CO)C(O)C(O)C3O)C2C(O)(CO)C1O)c1ccc(O)cc1. The van der Waals surface area contributed by atoms with Gasteiger partial charge in [0.1, 0.15) is 48.0 Å². The fraction of sp³-hybridized carbons (Fsp3) is 0.591. The molecule has 0 bridgehead atoms. The van der Waals surface area contributed by atoms with Crippen LogP contribution in [0.25, 0.3) is 0 Å². The highest BCUT2D eigenvalue weighted by molar-refractivity contribution is 5.89. The summed E-state index contributed by atoms with van der Waals surface area (Å²) < 4.78 is 21.8. The van der Waals surface area contributed by atoms with Gasteiger partial charge in [0.15, 0.2) is 6.29 Å².